The topological polar surface area (TPSA) is 0 Å². The normalized spacial score (nSPS) is 16.8. The van der Waals surface area contributed by atoms with E-state index in [1.54, 1.807) is 0 Å². The number of rotatable bonds is 2. The van der Waals surface area contributed by atoms with Gasteiger partial charge in [0.2, 0.25) is 0 Å². The van der Waals surface area contributed by atoms with Crippen molar-refractivity contribution in [1.29, 1.82) is 0 Å². The van der Waals surface area contributed by atoms with Crippen molar-refractivity contribution in [2.75, 3.05) is 0 Å². The van der Waals surface area contributed by atoms with Crippen molar-refractivity contribution in [3.63, 3.8) is 0 Å². The van der Waals surface area contributed by atoms with Crippen LogP contribution in [0.2, 0.25) is 0 Å². The second-order valence-corrected chi connectivity index (χ2v) is 5.97. The Balaban J connectivity index is 2.10. The summed E-state index contributed by atoms with van der Waals surface area (Å²) in [5.41, 5.74) is -3.94. The minimum atomic E-state index is -4.92. The van der Waals surface area contributed by atoms with Gasteiger partial charge in [-0.25, -0.2) is 8.78 Å². The van der Waals surface area contributed by atoms with Crippen molar-refractivity contribution in [2.45, 2.75) is 30.6 Å². The first kappa shape index (κ1) is 17.7. The van der Waals surface area contributed by atoms with Crippen LogP contribution < -0.4 is 0 Å². The summed E-state index contributed by atoms with van der Waals surface area (Å²) in [4.78, 5) is 0. The maximum Gasteiger partial charge on any atom is 0.419 e. The zero-order chi connectivity index (χ0) is 18.6. The van der Waals surface area contributed by atoms with Crippen LogP contribution in [0.5, 0.6) is 0 Å². The lowest BCUT2D eigenvalue weighted by Gasteiger charge is -2.20. The van der Waals surface area contributed by atoms with Gasteiger partial charge in [-0.3, -0.25) is 0 Å². The van der Waals surface area contributed by atoms with E-state index in [2.05, 4.69) is 0 Å². The van der Waals surface area contributed by atoms with Crippen LogP contribution in [0.1, 0.15) is 35.1 Å². The standard InChI is InChI=1S/C17H10F8/c18-13-3-1-9(7-11(13)16(20,21)22)15(5-6-15)10-2-4-14(19)12(8-10)17(23,24)25/h1-4,7-8H,5-6H2. The molecule has 0 aliphatic heterocycles. The van der Waals surface area contributed by atoms with E-state index in [-0.39, 0.29) is 11.1 Å². The Bertz CT molecular complexity index is 747. The molecular formula is C17H10F8. The number of hydrogen-bond acceptors (Lipinski definition) is 0. The average Bonchev–Trinajstić information content (AvgIpc) is 3.27. The molecule has 0 spiro atoms. The van der Waals surface area contributed by atoms with Crippen molar-refractivity contribution in [3.05, 3.63) is 70.3 Å². The Morgan fingerprint density at radius 3 is 1.28 bits per heavy atom. The van der Waals surface area contributed by atoms with Crippen molar-refractivity contribution in [3.8, 4) is 0 Å². The Hall–Kier alpha value is -2.12. The average molecular weight is 366 g/mol. The molecule has 2 aromatic rings. The summed E-state index contributed by atoms with van der Waals surface area (Å²) < 4.78 is 104. The van der Waals surface area contributed by atoms with Crippen molar-refractivity contribution >= 4 is 0 Å². The molecule has 0 heterocycles. The van der Waals surface area contributed by atoms with Gasteiger partial charge in [0.05, 0.1) is 11.1 Å². The van der Waals surface area contributed by atoms with Gasteiger partial charge in [-0.1, -0.05) is 12.1 Å². The molecule has 1 aliphatic carbocycles. The third-order valence-electron chi connectivity index (χ3n) is 4.40. The fourth-order valence-electron chi connectivity index (χ4n) is 2.95. The Morgan fingerprint density at radius 1 is 0.640 bits per heavy atom. The Morgan fingerprint density at radius 2 is 1.00 bits per heavy atom. The highest BCUT2D eigenvalue weighted by Gasteiger charge is 2.48. The van der Waals surface area contributed by atoms with E-state index in [1.807, 2.05) is 0 Å². The highest BCUT2D eigenvalue weighted by molar-refractivity contribution is 5.48. The molecule has 3 rings (SSSR count). The second-order valence-electron chi connectivity index (χ2n) is 5.97. The molecule has 134 valence electrons. The lowest BCUT2D eigenvalue weighted by Crippen LogP contribution is -2.16. The minimum Gasteiger partial charge on any atom is -0.206 e. The monoisotopic (exact) mass is 366 g/mol. The molecule has 0 bridgehead atoms. The van der Waals surface area contributed by atoms with Crippen molar-refractivity contribution in [1.82, 2.24) is 0 Å². The number of benzene rings is 2. The van der Waals surface area contributed by atoms with Crippen LogP contribution >= 0.6 is 0 Å². The van der Waals surface area contributed by atoms with Crippen LogP contribution in [-0.2, 0) is 17.8 Å². The number of alkyl halides is 6. The molecule has 0 aromatic heterocycles. The van der Waals surface area contributed by atoms with Gasteiger partial charge in [-0.2, -0.15) is 26.3 Å². The first-order valence-corrected chi connectivity index (χ1v) is 7.20. The summed E-state index contributed by atoms with van der Waals surface area (Å²) in [7, 11) is 0. The number of halogens is 8. The molecule has 1 saturated carbocycles. The fraction of sp³-hybridized carbons (Fsp3) is 0.294. The van der Waals surface area contributed by atoms with Gasteiger partial charge in [-0.05, 0) is 48.2 Å². The quantitative estimate of drug-likeness (QED) is 0.565. The van der Waals surface area contributed by atoms with Crippen LogP contribution in [0.25, 0.3) is 0 Å². The van der Waals surface area contributed by atoms with Gasteiger partial charge in [0, 0.05) is 5.41 Å². The molecule has 1 fully saturated rings. The first-order chi connectivity index (χ1) is 11.4. The van der Waals surface area contributed by atoms with Gasteiger partial charge >= 0.3 is 12.4 Å². The Kier molecular flexibility index (Phi) is 3.85. The van der Waals surface area contributed by atoms with E-state index >= 15 is 0 Å². The summed E-state index contributed by atoms with van der Waals surface area (Å²) in [6, 6.07) is 4.75. The number of hydrogen-bond donors (Lipinski definition) is 0. The predicted molar refractivity (Wildman–Crippen MR) is 72.8 cm³/mol. The zero-order valence-electron chi connectivity index (χ0n) is 12.4. The van der Waals surface area contributed by atoms with Crippen LogP contribution in [0.3, 0.4) is 0 Å². The smallest absolute Gasteiger partial charge is 0.206 e. The van der Waals surface area contributed by atoms with Gasteiger partial charge in [0.25, 0.3) is 0 Å². The fourth-order valence-corrected chi connectivity index (χ4v) is 2.95. The third kappa shape index (κ3) is 3.09. The molecular weight excluding hydrogens is 356 g/mol. The van der Waals surface area contributed by atoms with Crippen molar-refractivity contribution < 1.29 is 35.1 Å². The van der Waals surface area contributed by atoms with Crippen LogP contribution in [0, 0.1) is 11.6 Å². The molecule has 0 saturated heterocycles. The lowest BCUT2D eigenvalue weighted by molar-refractivity contribution is -0.140. The van der Waals surface area contributed by atoms with Gasteiger partial charge in [0.15, 0.2) is 0 Å². The predicted octanol–water partition coefficient (Wildman–Crippen LogP) is 6.08. The molecule has 0 nitrogen and oxygen atoms in total. The summed E-state index contributed by atoms with van der Waals surface area (Å²) in [6.45, 7) is 0. The lowest BCUT2D eigenvalue weighted by atomic mass is 9.86. The van der Waals surface area contributed by atoms with Gasteiger partial charge in [-0.15, -0.1) is 0 Å². The molecule has 2 aromatic carbocycles. The summed E-state index contributed by atoms with van der Waals surface area (Å²) in [6.07, 6.45) is -9.26. The van der Waals surface area contributed by atoms with E-state index in [1.165, 1.54) is 0 Å². The molecule has 0 amide bonds. The van der Waals surface area contributed by atoms with E-state index in [0.717, 1.165) is 12.1 Å². The van der Waals surface area contributed by atoms with E-state index in [4.69, 9.17) is 0 Å². The van der Waals surface area contributed by atoms with Crippen LogP contribution in [-0.4, -0.2) is 0 Å². The second kappa shape index (κ2) is 5.44. The van der Waals surface area contributed by atoms with Crippen molar-refractivity contribution in [2.24, 2.45) is 0 Å². The molecule has 0 radical (unpaired) electrons. The van der Waals surface area contributed by atoms with E-state index < -0.39 is 40.5 Å². The molecule has 8 heteroatoms. The largest absolute Gasteiger partial charge is 0.419 e. The molecule has 25 heavy (non-hydrogen) atoms. The summed E-state index contributed by atoms with van der Waals surface area (Å²) in [5, 5.41) is 0. The molecule has 0 atom stereocenters. The maximum absolute atomic E-state index is 13.4. The van der Waals surface area contributed by atoms with E-state index in [9.17, 15) is 35.1 Å². The maximum atomic E-state index is 13.4. The summed E-state index contributed by atoms with van der Waals surface area (Å²) in [5.74, 6) is -2.91. The van der Waals surface area contributed by atoms with Gasteiger partial charge < -0.3 is 0 Å². The molecule has 0 N–H and O–H groups in total. The zero-order valence-corrected chi connectivity index (χ0v) is 12.4. The van der Waals surface area contributed by atoms with E-state index in [0.29, 0.717) is 37.1 Å². The first-order valence-electron chi connectivity index (χ1n) is 7.20. The molecule has 0 unspecified atom stereocenters. The third-order valence-corrected chi connectivity index (χ3v) is 4.40. The summed E-state index contributed by atoms with van der Waals surface area (Å²) >= 11 is 0. The minimum absolute atomic E-state index is 0.0564. The van der Waals surface area contributed by atoms with Crippen LogP contribution in [0.15, 0.2) is 36.4 Å². The van der Waals surface area contributed by atoms with Crippen LogP contribution in [0.4, 0.5) is 35.1 Å². The Labute approximate surface area is 137 Å². The van der Waals surface area contributed by atoms with Gasteiger partial charge in [0.1, 0.15) is 11.6 Å². The highest BCUT2D eigenvalue weighted by atomic mass is 19.4. The SMILES string of the molecule is Fc1ccc(C2(c3ccc(F)c(C(F)(F)F)c3)CC2)cc1C(F)(F)F. The highest BCUT2D eigenvalue weighted by Crippen LogP contribution is 2.55. The molecule has 1 aliphatic rings.